The standard InChI is InChI=1S/C12H5ClF4N4/c13-8-4-9-19-20-11(21(9)5-18-8)6-2-1-3-7(10(6)14)12(15,16)17/h1-5H. The van der Waals surface area contributed by atoms with Crippen LogP contribution in [0.15, 0.2) is 30.6 Å². The second-order valence-corrected chi connectivity index (χ2v) is 4.52. The lowest BCUT2D eigenvalue weighted by atomic mass is 10.1. The molecule has 0 bridgehead atoms. The molecule has 0 atom stereocenters. The monoisotopic (exact) mass is 316 g/mol. The zero-order chi connectivity index (χ0) is 15.2. The third kappa shape index (κ3) is 2.31. The largest absolute Gasteiger partial charge is 0.419 e. The van der Waals surface area contributed by atoms with E-state index in [4.69, 9.17) is 11.6 Å². The highest BCUT2D eigenvalue weighted by molar-refractivity contribution is 6.29. The minimum absolute atomic E-state index is 0.0854. The lowest BCUT2D eigenvalue weighted by molar-refractivity contribution is -0.139. The Morgan fingerprint density at radius 3 is 2.62 bits per heavy atom. The van der Waals surface area contributed by atoms with Crippen molar-refractivity contribution in [1.82, 2.24) is 19.6 Å². The van der Waals surface area contributed by atoms with E-state index in [0.29, 0.717) is 6.07 Å². The summed E-state index contributed by atoms with van der Waals surface area (Å²) in [6.07, 6.45) is -3.57. The summed E-state index contributed by atoms with van der Waals surface area (Å²) in [6, 6.07) is 4.32. The number of rotatable bonds is 1. The van der Waals surface area contributed by atoms with Gasteiger partial charge in [0.05, 0.1) is 11.1 Å². The van der Waals surface area contributed by atoms with E-state index in [1.807, 2.05) is 0 Å². The van der Waals surface area contributed by atoms with E-state index in [0.717, 1.165) is 6.07 Å². The molecule has 0 spiro atoms. The van der Waals surface area contributed by atoms with Crippen LogP contribution in [0.1, 0.15) is 5.56 Å². The summed E-state index contributed by atoms with van der Waals surface area (Å²) in [5, 5.41) is 7.57. The van der Waals surface area contributed by atoms with Gasteiger partial charge in [-0.05, 0) is 12.1 Å². The van der Waals surface area contributed by atoms with Gasteiger partial charge in [-0.3, -0.25) is 4.40 Å². The first-order valence-corrected chi connectivity index (χ1v) is 5.98. The average molecular weight is 317 g/mol. The van der Waals surface area contributed by atoms with Crippen molar-refractivity contribution in [2.75, 3.05) is 0 Å². The fourth-order valence-corrected chi connectivity index (χ4v) is 2.02. The van der Waals surface area contributed by atoms with Crippen LogP contribution in [-0.2, 0) is 6.18 Å². The molecule has 2 heterocycles. The van der Waals surface area contributed by atoms with Gasteiger partial charge < -0.3 is 0 Å². The molecular formula is C12H5ClF4N4. The summed E-state index contributed by atoms with van der Waals surface area (Å²) >= 11 is 5.68. The highest BCUT2D eigenvalue weighted by Crippen LogP contribution is 2.35. The van der Waals surface area contributed by atoms with Gasteiger partial charge in [0, 0.05) is 6.07 Å². The van der Waals surface area contributed by atoms with Crippen molar-refractivity contribution in [3.05, 3.63) is 47.1 Å². The molecule has 3 aromatic rings. The predicted molar refractivity (Wildman–Crippen MR) is 66.2 cm³/mol. The van der Waals surface area contributed by atoms with Crippen molar-refractivity contribution >= 4 is 17.2 Å². The summed E-state index contributed by atoms with van der Waals surface area (Å²) in [5.74, 6) is -1.49. The second-order valence-electron chi connectivity index (χ2n) is 4.13. The minimum atomic E-state index is -4.79. The Hall–Kier alpha value is -2.22. The van der Waals surface area contributed by atoms with Crippen molar-refractivity contribution in [1.29, 1.82) is 0 Å². The van der Waals surface area contributed by atoms with Crippen LogP contribution in [0.2, 0.25) is 5.15 Å². The minimum Gasteiger partial charge on any atom is -0.265 e. The van der Waals surface area contributed by atoms with Crippen molar-refractivity contribution in [3.8, 4) is 11.4 Å². The molecule has 1 aromatic carbocycles. The Morgan fingerprint density at radius 1 is 1.14 bits per heavy atom. The van der Waals surface area contributed by atoms with Gasteiger partial charge in [0.1, 0.15) is 17.3 Å². The van der Waals surface area contributed by atoms with Crippen LogP contribution in [0, 0.1) is 5.82 Å². The predicted octanol–water partition coefficient (Wildman–Crippen LogP) is 3.60. The average Bonchev–Trinajstić information content (AvgIpc) is 2.80. The first-order valence-electron chi connectivity index (χ1n) is 5.60. The van der Waals surface area contributed by atoms with Gasteiger partial charge in [0.2, 0.25) is 0 Å². The molecule has 0 N–H and O–H groups in total. The summed E-state index contributed by atoms with van der Waals surface area (Å²) in [5.41, 5.74) is -1.43. The maximum atomic E-state index is 14.1. The number of halogens is 5. The molecule has 0 aliphatic heterocycles. The molecule has 0 unspecified atom stereocenters. The Morgan fingerprint density at radius 2 is 1.90 bits per heavy atom. The van der Waals surface area contributed by atoms with Gasteiger partial charge in [-0.1, -0.05) is 17.7 Å². The van der Waals surface area contributed by atoms with Crippen LogP contribution < -0.4 is 0 Å². The highest BCUT2D eigenvalue weighted by atomic mass is 35.5. The Bertz CT molecular complexity index is 828. The molecule has 0 saturated heterocycles. The van der Waals surface area contributed by atoms with Crippen molar-refractivity contribution in [2.24, 2.45) is 0 Å². The topological polar surface area (TPSA) is 43.1 Å². The molecule has 21 heavy (non-hydrogen) atoms. The van der Waals surface area contributed by atoms with E-state index in [2.05, 4.69) is 15.2 Å². The summed E-state index contributed by atoms with van der Waals surface area (Å²) in [6.45, 7) is 0. The van der Waals surface area contributed by atoms with Gasteiger partial charge in [-0.2, -0.15) is 13.2 Å². The lowest BCUT2D eigenvalue weighted by Crippen LogP contribution is -2.09. The van der Waals surface area contributed by atoms with E-state index in [1.54, 1.807) is 0 Å². The molecule has 0 radical (unpaired) electrons. The maximum Gasteiger partial charge on any atom is 0.419 e. The summed E-state index contributed by atoms with van der Waals surface area (Å²) in [4.78, 5) is 3.77. The molecule has 0 amide bonds. The third-order valence-electron chi connectivity index (χ3n) is 2.81. The molecule has 4 nitrogen and oxygen atoms in total. The second kappa shape index (κ2) is 4.66. The van der Waals surface area contributed by atoms with Crippen LogP contribution >= 0.6 is 11.6 Å². The lowest BCUT2D eigenvalue weighted by Gasteiger charge is -2.10. The van der Waals surface area contributed by atoms with Crippen LogP contribution in [0.4, 0.5) is 17.6 Å². The fourth-order valence-electron chi connectivity index (χ4n) is 1.88. The Balaban J connectivity index is 2.24. The zero-order valence-corrected chi connectivity index (χ0v) is 10.8. The molecule has 9 heteroatoms. The number of nitrogens with zero attached hydrogens (tertiary/aromatic N) is 4. The SMILES string of the molecule is Fc1c(-c2nnc3cc(Cl)ncn23)cccc1C(F)(F)F. The van der Waals surface area contributed by atoms with Crippen LogP contribution in [0.5, 0.6) is 0 Å². The molecule has 0 aliphatic carbocycles. The smallest absolute Gasteiger partial charge is 0.265 e. The van der Waals surface area contributed by atoms with Crippen molar-refractivity contribution in [2.45, 2.75) is 6.18 Å². The van der Waals surface area contributed by atoms with Gasteiger partial charge in [0.25, 0.3) is 0 Å². The zero-order valence-electron chi connectivity index (χ0n) is 10.1. The van der Waals surface area contributed by atoms with E-state index < -0.39 is 17.6 Å². The molecule has 2 aromatic heterocycles. The fraction of sp³-hybridized carbons (Fsp3) is 0.0833. The normalized spacial score (nSPS) is 12.0. The number of benzene rings is 1. The van der Waals surface area contributed by atoms with Gasteiger partial charge >= 0.3 is 6.18 Å². The number of hydrogen-bond donors (Lipinski definition) is 0. The molecule has 0 fully saturated rings. The number of hydrogen-bond acceptors (Lipinski definition) is 3. The van der Waals surface area contributed by atoms with Crippen LogP contribution in [-0.4, -0.2) is 19.6 Å². The quantitative estimate of drug-likeness (QED) is 0.509. The van der Waals surface area contributed by atoms with E-state index >= 15 is 0 Å². The molecule has 108 valence electrons. The van der Waals surface area contributed by atoms with E-state index in [9.17, 15) is 17.6 Å². The molecule has 0 saturated carbocycles. The first-order chi connectivity index (χ1) is 9.88. The molecular weight excluding hydrogens is 312 g/mol. The maximum absolute atomic E-state index is 14.1. The molecule has 3 rings (SSSR count). The number of alkyl halides is 3. The van der Waals surface area contributed by atoms with Crippen molar-refractivity contribution in [3.63, 3.8) is 0 Å². The van der Waals surface area contributed by atoms with Crippen molar-refractivity contribution < 1.29 is 17.6 Å². The van der Waals surface area contributed by atoms with E-state index in [-0.39, 0.29) is 22.2 Å². The summed E-state index contributed by atoms with van der Waals surface area (Å²) < 4.78 is 53.5. The number of fused-ring (bicyclic) bond motifs is 1. The first kappa shape index (κ1) is 13.7. The Kier molecular flexibility index (Phi) is 3.05. The van der Waals surface area contributed by atoms with Gasteiger partial charge in [-0.25, -0.2) is 9.37 Å². The molecule has 0 aliphatic rings. The Labute approximate surface area is 120 Å². The van der Waals surface area contributed by atoms with E-state index in [1.165, 1.54) is 22.9 Å². The van der Waals surface area contributed by atoms with Gasteiger partial charge in [0.15, 0.2) is 11.5 Å². The van der Waals surface area contributed by atoms with Crippen LogP contribution in [0.3, 0.4) is 0 Å². The number of aromatic nitrogens is 4. The van der Waals surface area contributed by atoms with Crippen LogP contribution in [0.25, 0.3) is 17.0 Å². The summed E-state index contributed by atoms with van der Waals surface area (Å²) in [7, 11) is 0. The highest BCUT2D eigenvalue weighted by Gasteiger charge is 2.35. The van der Waals surface area contributed by atoms with Gasteiger partial charge in [-0.15, -0.1) is 10.2 Å². The third-order valence-corrected chi connectivity index (χ3v) is 3.02.